The Morgan fingerprint density at radius 3 is 2.45 bits per heavy atom. The Bertz CT molecular complexity index is 1110. The molecule has 33 heavy (non-hydrogen) atoms. The molecule has 0 N–H and O–H groups in total. The average Bonchev–Trinajstić information content (AvgIpc) is 2.83. The van der Waals surface area contributed by atoms with Gasteiger partial charge in [-0.05, 0) is 48.2 Å². The van der Waals surface area contributed by atoms with E-state index in [2.05, 4.69) is 41.1 Å². The van der Waals surface area contributed by atoms with Crippen LogP contribution in [0.25, 0.3) is 11.3 Å². The first-order valence-electron chi connectivity index (χ1n) is 11.3. The van der Waals surface area contributed by atoms with E-state index in [4.69, 9.17) is 16.3 Å². The molecule has 0 unspecified atom stereocenters. The lowest BCUT2D eigenvalue weighted by Crippen LogP contribution is -2.50. The van der Waals surface area contributed by atoms with Gasteiger partial charge in [0.15, 0.2) is 12.4 Å². The lowest BCUT2D eigenvalue weighted by atomic mass is 10.0. The van der Waals surface area contributed by atoms with E-state index < -0.39 is 0 Å². The molecule has 172 valence electrons. The van der Waals surface area contributed by atoms with Gasteiger partial charge in [0.05, 0.1) is 10.7 Å². The molecule has 1 aliphatic heterocycles. The van der Waals surface area contributed by atoms with Crippen LogP contribution in [0.15, 0.2) is 54.6 Å². The molecule has 4 rings (SSSR count). The number of carbonyl (C=O) groups is 1. The van der Waals surface area contributed by atoms with Crippen molar-refractivity contribution < 1.29 is 9.53 Å². The number of rotatable bonds is 6. The normalized spacial score (nSPS) is 14.0. The molecule has 2 aromatic carbocycles. The second-order valence-electron chi connectivity index (χ2n) is 8.61. The third kappa shape index (κ3) is 5.45. The van der Waals surface area contributed by atoms with Crippen molar-refractivity contribution in [2.45, 2.75) is 26.7 Å². The number of aryl methyl sites for hydroxylation is 1. The molecule has 2 heterocycles. The largest absolute Gasteiger partial charge is 0.483 e. The number of benzene rings is 2. The Balaban J connectivity index is 1.32. The number of ether oxygens (including phenoxy) is 1. The van der Waals surface area contributed by atoms with Crippen molar-refractivity contribution in [2.75, 3.05) is 37.7 Å². The van der Waals surface area contributed by atoms with Crippen LogP contribution in [0.2, 0.25) is 5.02 Å². The van der Waals surface area contributed by atoms with E-state index in [0.717, 1.165) is 34.0 Å². The first-order valence-corrected chi connectivity index (χ1v) is 11.6. The smallest absolute Gasteiger partial charge is 0.260 e. The Morgan fingerprint density at radius 2 is 1.79 bits per heavy atom. The van der Waals surface area contributed by atoms with Crippen LogP contribution in [0, 0.1) is 6.92 Å². The van der Waals surface area contributed by atoms with Crippen molar-refractivity contribution in [1.29, 1.82) is 0 Å². The molecule has 1 aliphatic rings. The van der Waals surface area contributed by atoms with Gasteiger partial charge in [0.25, 0.3) is 5.91 Å². The summed E-state index contributed by atoms with van der Waals surface area (Å²) in [4.78, 5) is 16.8. The number of amides is 1. The fraction of sp³-hybridized carbons (Fsp3) is 0.346. The zero-order valence-corrected chi connectivity index (χ0v) is 20.0. The third-order valence-corrected chi connectivity index (χ3v) is 6.23. The van der Waals surface area contributed by atoms with Gasteiger partial charge in [-0.1, -0.05) is 55.8 Å². The third-order valence-electron chi connectivity index (χ3n) is 5.90. The highest BCUT2D eigenvalue weighted by Crippen LogP contribution is 2.28. The van der Waals surface area contributed by atoms with Gasteiger partial charge in [-0.15, -0.1) is 10.2 Å². The van der Waals surface area contributed by atoms with Crippen LogP contribution in [0.1, 0.15) is 30.9 Å². The highest BCUT2D eigenvalue weighted by Gasteiger charge is 2.23. The Morgan fingerprint density at radius 1 is 1.03 bits per heavy atom. The fourth-order valence-corrected chi connectivity index (χ4v) is 4.20. The molecule has 0 bridgehead atoms. The minimum atomic E-state index is 0.00557. The Kier molecular flexibility index (Phi) is 7.14. The minimum Gasteiger partial charge on any atom is -0.483 e. The van der Waals surface area contributed by atoms with Crippen LogP contribution in [-0.2, 0) is 4.79 Å². The minimum absolute atomic E-state index is 0.00557. The van der Waals surface area contributed by atoms with Gasteiger partial charge in [-0.25, -0.2) is 0 Å². The molecule has 1 saturated heterocycles. The summed E-state index contributed by atoms with van der Waals surface area (Å²) in [5, 5.41) is 9.40. The fourth-order valence-electron chi connectivity index (χ4n) is 3.97. The molecule has 0 aliphatic carbocycles. The molecule has 1 amide bonds. The Labute approximate surface area is 200 Å². The maximum Gasteiger partial charge on any atom is 0.260 e. The predicted molar refractivity (Wildman–Crippen MR) is 132 cm³/mol. The molecular weight excluding hydrogens is 436 g/mol. The summed E-state index contributed by atoms with van der Waals surface area (Å²) in [7, 11) is 0. The summed E-state index contributed by atoms with van der Waals surface area (Å²) < 4.78 is 5.93. The summed E-state index contributed by atoms with van der Waals surface area (Å²) in [5.41, 5.74) is 3.85. The first kappa shape index (κ1) is 23.1. The van der Waals surface area contributed by atoms with Gasteiger partial charge < -0.3 is 14.5 Å². The van der Waals surface area contributed by atoms with Crippen LogP contribution in [0.4, 0.5) is 5.82 Å². The topological polar surface area (TPSA) is 58.6 Å². The molecule has 1 aromatic heterocycles. The van der Waals surface area contributed by atoms with E-state index in [1.807, 2.05) is 54.3 Å². The number of halogens is 1. The van der Waals surface area contributed by atoms with Crippen LogP contribution >= 0.6 is 11.6 Å². The van der Waals surface area contributed by atoms with Gasteiger partial charge in [0.1, 0.15) is 5.75 Å². The van der Waals surface area contributed by atoms with Crippen molar-refractivity contribution in [3.05, 3.63) is 70.7 Å². The summed E-state index contributed by atoms with van der Waals surface area (Å²) >= 11 is 6.26. The SMILES string of the molecule is Cc1ccc(C(C)C)c(OCC(=O)N2CCN(c3ccc(-c4ccccc4Cl)nn3)CC2)c1. The molecule has 3 aromatic rings. The van der Waals surface area contributed by atoms with Crippen molar-refractivity contribution in [1.82, 2.24) is 15.1 Å². The number of aromatic nitrogens is 2. The quantitative estimate of drug-likeness (QED) is 0.516. The zero-order chi connectivity index (χ0) is 23.4. The monoisotopic (exact) mass is 464 g/mol. The summed E-state index contributed by atoms with van der Waals surface area (Å²) in [6.45, 7) is 8.99. The first-order chi connectivity index (χ1) is 15.9. The van der Waals surface area contributed by atoms with Gasteiger partial charge >= 0.3 is 0 Å². The molecule has 1 fully saturated rings. The predicted octanol–water partition coefficient (Wildman–Crippen LogP) is 4.96. The number of hydrogen-bond donors (Lipinski definition) is 0. The van der Waals surface area contributed by atoms with E-state index in [-0.39, 0.29) is 12.5 Å². The molecule has 0 saturated carbocycles. The van der Waals surface area contributed by atoms with Crippen LogP contribution < -0.4 is 9.64 Å². The number of carbonyl (C=O) groups excluding carboxylic acids is 1. The molecule has 0 atom stereocenters. The van der Waals surface area contributed by atoms with Crippen molar-refractivity contribution in [3.63, 3.8) is 0 Å². The van der Waals surface area contributed by atoms with E-state index in [1.54, 1.807) is 0 Å². The lowest BCUT2D eigenvalue weighted by Gasteiger charge is -2.35. The van der Waals surface area contributed by atoms with Crippen molar-refractivity contribution >= 4 is 23.3 Å². The number of nitrogens with zero attached hydrogens (tertiary/aromatic N) is 4. The molecular formula is C26H29ClN4O2. The van der Waals surface area contributed by atoms with Gasteiger partial charge in [0.2, 0.25) is 0 Å². The van der Waals surface area contributed by atoms with E-state index in [0.29, 0.717) is 37.1 Å². The highest BCUT2D eigenvalue weighted by atomic mass is 35.5. The van der Waals surface area contributed by atoms with E-state index in [9.17, 15) is 4.79 Å². The maximum atomic E-state index is 12.8. The maximum absolute atomic E-state index is 12.8. The van der Waals surface area contributed by atoms with Crippen LogP contribution in [0.3, 0.4) is 0 Å². The lowest BCUT2D eigenvalue weighted by molar-refractivity contribution is -0.133. The van der Waals surface area contributed by atoms with E-state index in [1.165, 1.54) is 0 Å². The second-order valence-corrected chi connectivity index (χ2v) is 9.02. The van der Waals surface area contributed by atoms with Gasteiger partial charge in [-0.3, -0.25) is 4.79 Å². The zero-order valence-electron chi connectivity index (χ0n) is 19.3. The number of piperazine rings is 1. The summed E-state index contributed by atoms with van der Waals surface area (Å²) in [6.07, 6.45) is 0. The van der Waals surface area contributed by atoms with Crippen LogP contribution in [0.5, 0.6) is 5.75 Å². The standard InChI is InChI=1S/C26H29ClN4O2/c1-18(2)20-9-8-19(3)16-24(20)33-17-26(32)31-14-12-30(13-15-31)25-11-10-23(28-29-25)21-6-4-5-7-22(21)27/h4-11,16,18H,12-15,17H2,1-3H3. The number of anilines is 1. The second kappa shape index (κ2) is 10.2. The molecule has 6 nitrogen and oxygen atoms in total. The van der Waals surface area contributed by atoms with Gasteiger partial charge in [-0.2, -0.15) is 0 Å². The number of hydrogen-bond acceptors (Lipinski definition) is 5. The van der Waals surface area contributed by atoms with Gasteiger partial charge in [0, 0.05) is 31.7 Å². The summed E-state index contributed by atoms with van der Waals surface area (Å²) in [5.74, 6) is 1.94. The molecule has 0 spiro atoms. The summed E-state index contributed by atoms with van der Waals surface area (Å²) in [6, 6.07) is 17.6. The molecule has 0 radical (unpaired) electrons. The Hall–Kier alpha value is -3.12. The van der Waals surface area contributed by atoms with E-state index >= 15 is 0 Å². The average molecular weight is 465 g/mol. The van der Waals surface area contributed by atoms with Crippen LogP contribution in [-0.4, -0.2) is 53.8 Å². The van der Waals surface area contributed by atoms with Crippen molar-refractivity contribution in [3.8, 4) is 17.0 Å². The van der Waals surface area contributed by atoms with Crippen molar-refractivity contribution in [2.24, 2.45) is 0 Å². The molecule has 7 heteroatoms. The highest BCUT2D eigenvalue weighted by molar-refractivity contribution is 6.33.